The van der Waals surface area contributed by atoms with Crippen LogP contribution in [-0.2, 0) is 25.6 Å². The normalized spacial score (nSPS) is 14.7. The minimum absolute atomic E-state index is 0. The van der Waals surface area contributed by atoms with Crippen molar-refractivity contribution in [2.75, 3.05) is 0 Å². The van der Waals surface area contributed by atoms with Gasteiger partial charge in [0.05, 0.1) is 16.1 Å². The van der Waals surface area contributed by atoms with Crippen LogP contribution in [0.3, 0.4) is 0 Å². The molecule has 2 heterocycles. The van der Waals surface area contributed by atoms with Crippen molar-refractivity contribution in [3.8, 4) is 11.5 Å². The van der Waals surface area contributed by atoms with Gasteiger partial charge in [0, 0.05) is 24.8 Å². The molecule has 12 heteroatoms. The summed E-state index contributed by atoms with van der Waals surface area (Å²) in [6.07, 6.45) is 1.33. The van der Waals surface area contributed by atoms with Gasteiger partial charge in [-0.3, -0.25) is 0 Å². The number of aromatic carboxylic acids is 2. The van der Waals surface area contributed by atoms with Crippen molar-refractivity contribution in [3.05, 3.63) is 129 Å². The van der Waals surface area contributed by atoms with Crippen molar-refractivity contribution in [3.63, 3.8) is 0 Å². The van der Waals surface area contributed by atoms with Crippen LogP contribution < -0.4 is 60.9 Å². The summed E-state index contributed by atoms with van der Waals surface area (Å²) >= 11 is 5.96. The number of carboxylic acid groups (broad SMARTS) is 2. The number of ether oxygens (including phenoxy) is 2. The van der Waals surface area contributed by atoms with Crippen LogP contribution in [0.5, 0.6) is 11.5 Å². The van der Waals surface area contributed by atoms with Crippen molar-refractivity contribution in [2.24, 2.45) is 0 Å². The van der Waals surface area contributed by atoms with Crippen LogP contribution in [0.2, 0.25) is 5.02 Å². The van der Waals surface area contributed by atoms with Crippen LogP contribution in [0.4, 0.5) is 12.9 Å². The van der Waals surface area contributed by atoms with E-state index in [1.807, 2.05) is 58.0 Å². The van der Waals surface area contributed by atoms with E-state index < -0.39 is 25.2 Å². The smallest absolute Gasteiger partial charge is 0.487 e. The van der Waals surface area contributed by atoms with Gasteiger partial charge in [-0.1, -0.05) is 84.1 Å². The third-order valence-electron chi connectivity index (χ3n) is 7.39. The molecule has 48 heavy (non-hydrogen) atoms. The van der Waals surface area contributed by atoms with E-state index in [-0.39, 0.29) is 68.2 Å². The molecule has 0 atom stereocenters. The third kappa shape index (κ3) is 11.4. The average molecular weight is 707 g/mol. The molecule has 0 saturated carbocycles. The maximum atomic E-state index is 11.8. The summed E-state index contributed by atoms with van der Waals surface area (Å²) in [5.74, 6) is -0.387. The van der Waals surface area contributed by atoms with E-state index in [1.165, 1.54) is 18.2 Å². The average Bonchev–Trinajstić information content (AvgIpc) is 3.47. The summed E-state index contributed by atoms with van der Waals surface area (Å²) in [7, 11) is 0. The fraction of sp³-hybridized carbons (Fsp3) is 0.278. The molecule has 0 spiro atoms. The quantitative estimate of drug-likeness (QED) is 0.237. The molecule has 0 amide bonds. The summed E-state index contributed by atoms with van der Waals surface area (Å²) in [6.45, 7) is 3.27. The summed E-state index contributed by atoms with van der Waals surface area (Å²) in [5, 5.41) is 18.5. The molecule has 0 fully saturated rings. The molecule has 0 aliphatic carbocycles. The molecule has 0 bridgehead atoms. The molecule has 4 aromatic rings. The van der Waals surface area contributed by atoms with Gasteiger partial charge in [0.15, 0.2) is 0 Å². The first-order chi connectivity index (χ1) is 21.9. The van der Waals surface area contributed by atoms with E-state index in [2.05, 4.69) is 0 Å². The molecule has 0 saturated heterocycles. The van der Waals surface area contributed by atoms with Gasteiger partial charge in [0.2, 0.25) is 0 Å². The van der Waals surface area contributed by atoms with Gasteiger partial charge in [0.1, 0.15) is 22.7 Å². The van der Waals surface area contributed by atoms with Gasteiger partial charge < -0.3 is 32.6 Å². The summed E-state index contributed by atoms with van der Waals surface area (Å²) in [4.78, 5) is 22.1. The number of hydrogen-bond acceptors (Lipinski definition) is 4. The van der Waals surface area contributed by atoms with Crippen LogP contribution in [0.1, 0.15) is 76.2 Å². The minimum atomic E-state index is -4.68. The number of fused-ring (bicyclic) bond motifs is 2. The Kier molecular flexibility index (Phi) is 13.4. The Hall–Kier alpha value is -2.80. The Labute approximate surface area is 326 Å². The molecule has 0 aromatic heterocycles. The second-order valence-electron chi connectivity index (χ2n) is 12.8. The zero-order valence-corrected chi connectivity index (χ0v) is 31.4. The predicted molar refractivity (Wildman–Crippen MR) is 177 cm³/mol. The van der Waals surface area contributed by atoms with E-state index in [9.17, 15) is 27.6 Å². The third-order valence-corrected chi connectivity index (χ3v) is 7.67. The summed E-state index contributed by atoms with van der Waals surface area (Å²) in [6, 6.07) is 24.4. The Morgan fingerprint density at radius 1 is 0.729 bits per heavy atom. The largest absolute Gasteiger partial charge is 1.00 e. The molecule has 2 aliphatic rings. The Morgan fingerprint density at radius 2 is 1.17 bits per heavy atom. The van der Waals surface area contributed by atoms with Gasteiger partial charge in [-0.05, 0) is 68.7 Å². The standard InChI is InChI=1S/C18H18O3.C11H11ClO3.C7H7BF3.K/c1-18(2)11-15-10-14(17(19)20)9-13(16(15)21-18)8-12-6-4-3-5-7-12;1-11(2)5-7-3-6(10(13)14)4-8(12)9(7)15-11;9-8(10,11)6-7-4-2-1-3-5-7;/h3-7,9-10H,8,11H2,1-2H3,(H,19,20);3-4H,5H2,1-2H3,(H,13,14);1-5H,6H2;/q;;-1;+1. The van der Waals surface area contributed by atoms with Crippen molar-refractivity contribution in [1.82, 2.24) is 0 Å². The second kappa shape index (κ2) is 16.3. The SMILES string of the molecule is CC1(C)Cc2cc(C(=O)O)cc(Cc3ccccc3)c2O1.CC1(C)Cc2cc(C(=O)O)cc(Cl)c2O1.F[B-](F)(F)Cc1ccccc1.[K+]. The van der Waals surface area contributed by atoms with Gasteiger partial charge >= 0.3 is 70.3 Å². The molecule has 248 valence electrons. The van der Waals surface area contributed by atoms with E-state index in [0.717, 1.165) is 34.4 Å². The second-order valence-corrected chi connectivity index (χ2v) is 13.2. The molecule has 0 radical (unpaired) electrons. The van der Waals surface area contributed by atoms with E-state index in [4.69, 9.17) is 26.2 Å². The zero-order valence-electron chi connectivity index (χ0n) is 27.5. The van der Waals surface area contributed by atoms with E-state index >= 15 is 0 Å². The topological polar surface area (TPSA) is 93.1 Å². The Bertz CT molecular complexity index is 1750. The number of benzene rings is 4. The van der Waals surface area contributed by atoms with Crippen LogP contribution in [0, 0.1) is 0 Å². The minimum Gasteiger partial charge on any atom is -0.487 e. The predicted octanol–water partition coefficient (Wildman–Crippen LogP) is 6.06. The number of hydrogen-bond donors (Lipinski definition) is 2. The number of rotatable bonds is 6. The first-order valence-electron chi connectivity index (χ1n) is 15.0. The number of halogens is 4. The first-order valence-corrected chi connectivity index (χ1v) is 15.4. The zero-order chi connectivity index (χ0) is 34.6. The molecule has 2 N–H and O–H groups in total. The van der Waals surface area contributed by atoms with Gasteiger partial charge in [-0.15, -0.1) is 0 Å². The molecule has 0 unspecified atom stereocenters. The van der Waals surface area contributed by atoms with E-state index in [1.54, 1.807) is 36.4 Å². The fourth-order valence-electron chi connectivity index (χ4n) is 5.53. The van der Waals surface area contributed by atoms with Gasteiger partial charge in [-0.25, -0.2) is 9.59 Å². The van der Waals surface area contributed by atoms with Crippen LogP contribution in [0.15, 0.2) is 84.9 Å². The van der Waals surface area contributed by atoms with Crippen molar-refractivity contribution in [2.45, 2.75) is 64.5 Å². The maximum Gasteiger partial charge on any atom is 1.00 e. The first kappa shape index (κ1) is 39.6. The fourth-order valence-corrected chi connectivity index (χ4v) is 5.81. The monoisotopic (exact) mass is 706 g/mol. The molecule has 2 aliphatic heterocycles. The Balaban J connectivity index is 0.000000204. The molecule has 4 aromatic carbocycles. The number of carboxylic acids is 2. The molecule has 6 nitrogen and oxygen atoms in total. The molecule has 6 rings (SSSR count). The Morgan fingerprint density at radius 3 is 1.65 bits per heavy atom. The number of carbonyl (C=O) groups is 2. The van der Waals surface area contributed by atoms with Gasteiger partial charge in [-0.2, -0.15) is 0 Å². The van der Waals surface area contributed by atoms with Crippen LogP contribution in [0.25, 0.3) is 0 Å². The summed E-state index contributed by atoms with van der Waals surface area (Å²) < 4.78 is 47.1. The van der Waals surface area contributed by atoms with Crippen molar-refractivity contribution < 1.29 is 93.6 Å². The molecular formula is C36H36BClF3KO6. The summed E-state index contributed by atoms with van der Waals surface area (Å²) in [5.41, 5.74) is 4.25. The van der Waals surface area contributed by atoms with Gasteiger partial charge in [0.25, 0.3) is 0 Å². The van der Waals surface area contributed by atoms with E-state index in [0.29, 0.717) is 34.7 Å². The molecular weight excluding hydrogens is 671 g/mol. The van der Waals surface area contributed by atoms with Crippen molar-refractivity contribution in [1.29, 1.82) is 0 Å². The van der Waals surface area contributed by atoms with Crippen molar-refractivity contribution >= 4 is 30.5 Å². The van der Waals surface area contributed by atoms with Crippen LogP contribution >= 0.6 is 11.6 Å². The maximum absolute atomic E-state index is 11.8. The van der Waals surface area contributed by atoms with Crippen LogP contribution in [-0.4, -0.2) is 40.3 Å².